The first-order chi connectivity index (χ1) is 13.1. The molecule has 2 aliphatic heterocycles. The molecule has 0 unspecified atom stereocenters. The van der Waals surface area contributed by atoms with Crippen molar-refractivity contribution in [1.82, 2.24) is 5.01 Å². The Morgan fingerprint density at radius 1 is 1.30 bits per heavy atom. The van der Waals surface area contributed by atoms with Crippen molar-refractivity contribution in [2.24, 2.45) is 10.1 Å². The van der Waals surface area contributed by atoms with Crippen LogP contribution in [-0.2, 0) is 4.79 Å². The van der Waals surface area contributed by atoms with Gasteiger partial charge in [-0.05, 0) is 57.9 Å². The number of amides is 1. The van der Waals surface area contributed by atoms with Crippen LogP contribution in [0.3, 0.4) is 0 Å². The summed E-state index contributed by atoms with van der Waals surface area (Å²) in [7, 11) is 0. The number of amidine groups is 2. The maximum atomic E-state index is 12.4. The van der Waals surface area contributed by atoms with Crippen LogP contribution in [0.1, 0.15) is 30.6 Å². The summed E-state index contributed by atoms with van der Waals surface area (Å²) in [5.41, 5.74) is 1.31. The third-order valence-electron chi connectivity index (χ3n) is 4.26. The van der Waals surface area contributed by atoms with E-state index in [1.54, 1.807) is 12.1 Å². The Bertz CT molecular complexity index is 1010. The van der Waals surface area contributed by atoms with Crippen molar-refractivity contribution in [3.63, 3.8) is 0 Å². The lowest BCUT2D eigenvalue weighted by molar-refractivity contribution is -0.114. The van der Waals surface area contributed by atoms with Gasteiger partial charge in [0, 0.05) is 5.92 Å². The zero-order chi connectivity index (χ0) is 19.0. The molecule has 0 aliphatic carbocycles. The number of halogens is 1. The highest BCUT2D eigenvalue weighted by Gasteiger charge is 2.37. The van der Waals surface area contributed by atoms with Gasteiger partial charge in [-0.25, -0.2) is 0 Å². The van der Waals surface area contributed by atoms with Gasteiger partial charge in [-0.3, -0.25) is 10.2 Å². The molecular weight excluding hydrogens is 428 g/mol. The molecule has 6 nitrogen and oxygen atoms in total. The highest BCUT2D eigenvalue weighted by atomic mass is 79.9. The predicted molar refractivity (Wildman–Crippen MR) is 111 cm³/mol. The van der Waals surface area contributed by atoms with Gasteiger partial charge in [-0.1, -0.05) is 37.3 Å². The van der Waals surface area contributed by atoms with Crippen molar-refractivity contribution >= 4 is 55.7 Å². The van der Waals surface area contributed by atoms with E-state index in [1.165, 1.54) is 22.8 Å². The molecule has 0 fully saturated rings. The molecule has 1 atom stereocenters. The Kier molecular flexibility index (Phi) is 4.84. The second-order valence-corrected chi connectivity index (χ2v) is 7.74. The normalized spacial score (nSPS) is 19.2. The maximum Gasteiger partial charge on any atom is 0.283 e. The van der Waals surface area contributed by atoms with Crippen molar-refractivity contribution < 1.29 is 9.21 Å². The fourth-order valence-corrected chi connectivity index (χ4v) is 4.35. The van der Waals surface area contributed by atoms with E-state index < -0.39 is 5.91 Å². The molecule has 3 heterocycles. The van der Waals surface area contributed by atoms with E-state index >= 15 is 0 Å². The fourth-order valence-electron chi connectivity index (χ4n) is 2.93. The van der Waals surface area contributed by atoms with E-state index in [2.05, 4.69) is 45.1 Å². The summed E-state index contributed by atoms with van der Waals surface area (Å²) in [5, 5.41) is 15.7. The number of hydrogen-bond donors (Lipinski definition) is 1. The van der Waals surface area contributed by atoms with Gasteiger partial charge in [0.05, 0.1) is 5.57 Å². The molecule has 1 aromatic carbocycles. The van der Waals surface area contributed by atoms with Crippen molar-refractivity contribution in [2.75, 3.05) is 0 Å². The molecule has 0 saturated heterocycles. The van der Waals surface area contributed by atoms with Crippen LogP contribution in [0, 0.1) is 5.41 Å². The number of nitrogens with zero attached hydrogens (tertiary/aromatic N) is 3. The first-order valence-electron chi connectivity index (χ1n) is 8.37. The lowest BCUT2D eigenvalue weighted by atomic mass is 9.98. The van der Waals surface area contributed by atoms with Crippen LogP contribution in [0.5, 0.6) is 0 Å². The standard InChI is InChI=1S/C19H15BrN4O2S/c1-2-13(11-6-4-3-5-7-11)18-23-24-16(21)14(17(25)22-19(24)27-18)10-12-8-9-15(20)26-12/h3-10,13,21H,2H2,1H3/b14-10+,21-16?/t13-/m0/s1. The monoisotopic (exact) mass is 442 g/mol. The molecule has 0 saturated carbocycles. The first kappa shape index (κ1) is 17.9. The molecular formula is C19H15BrN4O2S. The second-order valence-electron chi connectivity index (χ2n) is 5.97. The smallest absolute Gasteiger partial charge is 0.283 e. The van der Waals surface area contributed by atoms with Gasteiger partial charge in [-0.2, -0.15) is 15.1 Å². The summed E-state index contributed by atoms with van der Waals surface area (Å²) in [6.45, 7) is 2.09. The fraction of sp³-hybridized carbons (Fsp3) is 0.158. The van der Waals surface area contributed by atoms with Crippen LogP contribution < -0.4 is 0 Å². The van der Waals surface area contributed by atoms with E-state index in [0.717, 1.165) is 17.0 Å². The largest absolute Gasteiger partial charge is 0.450 e. The molecule has 1 amide bonds. The minimum atomic E-state index is -0.463. The van der Waals surface area contributed by atoms with Gasteiger partial charge >= 0.3 is 0 Å². The highest BCUT2D eigenvalue weighted by molar-refractivity contribution is 9.10. The van der Waals surface area contributed by atoms with Gasteiger partial charge in [0.1, 0.15) is 10.8 Å². The maximum absolute atomic E-state index is 12.4. The number of hydrazone groups is 1. The zero-order valence-corrected chi connectivity index (χ0v) is 16.8. The minimum absolute atomic E-state index is 0.00272. The number of nitrogens with one attached hydrogen (secondary N) is 1. The summed E-state index contributed by atoms with van der Waals surface area (Å²) < 4.78 is 5.97. The number of hydrogen-bond acceptors (Lipinski definition) is 5. The van der Waals surface area contributed by atoms with Gasteiger partial charge in [0.25, 0.3) is 5.91 Å². The summed E-state index contributed by atoms with van der Waals surface area (Å²) in [6.07, 6.45) is 2.38. The van der Waals surface area contributed by atoms with Crippen molar-refractivity contribution in [3.05, 3.63) is 64.0 Å². The van der Waals surface area contributed by atoms with Crippen LogP contribution in [-0.4, -0.2) is 27.0 Å². The van der Waals surface area contributed by atoms with Crippen molar-refractivity contribution in [1.29, 1.82) is 5.41 Å². The van der Waals surface area contributed by atoms with E-state index in [9.17, 15) is 4.79 Å². The van der Waals surface area contributed by atoms with Crippen LogP contribution in [0.25, 0.3) is 6.08 Å². The molecule has 2 aliphatic rings. The van der Waals surface area contributed by atoms with Gasteiger partial charge in [-0.15, -0.1) is 0 Å². The number of carbonyl (C=O) groups excluding carboxylic acids is 1. The highest BCUT2D eigenvalue weighted by Crippen LogP contribution is 2.36. The van der Waals surface area contributed by atoms with E-state index in [1.807, 2.05) is 18.2 Å². The van der Waals surface area contributed by atoms with Crippen molar-refractivity contribution in [2.45, 2.75) is 19.3 Å². The lowest BCUT2D eigenvalue weighted by Crippen LogP contribution is -2.35. The predicted octanol–water partition coefficient (Wildman–Crippen LogP) is 4.86. The average Bonchev–Trinajstić information content (AvgIpc) is 3.26. The van der Waals surface area contributed by atoms with E-state index in [-0.39, 0.29) is 17.3 Å². The summed E-state index contributed by atoms with van der Waals surface area (Å²) in [4.78, 5) is 16.6. The Balaban J connectivity index is 1.66. The lowest BCUT2D eigenvalue weighted by Gasteiger charge is -2.19. The number of furan rings is 1. The molecule has 27 heavy (non-hydrogen) atoms. The average molecular weight is 443 g/mol. The molecule has 2 aromatic rings. The molecule has 8 heteroatoms. The molecule has 0 bridgehead atoms. The Hall–Kier alpha value is -2.45. The van der Waals surface area contributed by atoms with E-state index in [0.29, 0.717) is 15.6 Å². The zero-order valence-electron chi connectivity index (χ0n) is 14.3. The first-order valence-corrected chi connectivity index (χ1v) is 9.98. The van der Waals surface area contributed by atoms with Crippen LogP contribution in [0.2, 0.25) is 0 Å². The SMILES string of the molecule is CC[C@H](C1=NN2C(=N)/C(=C\c3ccc(Br)o3)C(=O)N=C2S1)c1ccccc1. The van der Waals surface area contributed by atoms with Crippen LogP contribution in [0.4, 0.5) is 0 Å². The second kappa shape index (κ2) is 7.28. The third-order valence-corrected chi connectivity index (χ3v) is 5.71. The molecule has 4 rings (SSSR count). The number of carbonyl (C=O) groups is 1. The molecule has 136 valence electrons. The number of rotatable bonds is 4. The Morgan fingerprint density at radius 3 is 2.74 bits per heavy atom. The number of benzene rings is 1. The molecule has 0 radical (unpaired) electrons. The molecule has 1 N–H and O–H groups in total. The molecule has 1 aromatic heterocycles. The van der Waals surface area contributed by atoms with Gasteiger partial charge in [0.2, 0.25) is 5.17 Å². The number of fused-ring (bicyclic) bond motifs is 1. The van der Waals surface area contributed by atoms with Gasteiger partial charge < -0.3 is 4.42 Å². The van der Waals surface area contributed by atoms with Crippen LogP contribution in [0.15, 0.2) is 67.2 Å². The Morgan fingerprint density at radius 2 is 2.07 bits per heavy atom. The third kappa shape index (κ3) is 3.42. The number of thioether (sulfide) groups is 1. The van der Waals surface area contributed by atoms with Crippen LogP contribution >= 0.6 is 27.7 Å². The molecule has 0 spiro atoms. The Labute approximate surface area is 168 Å². The number of aliphatic imine (C=N–C) groups is 1. The topological polar surface area (TPSA) is 82.0 Å². The van der Waals surface area contributed by atoms with E-state index in [4.69, 9.17) is 9.83 Å². The minimum Gasteiger partial charge on any atom is -0.450 e. The van der Waals surface area contributed by atoms with Gasteiger partial charge in [0.15, 0.2) is 10.5 Å². The quantitative estimate of drug-likeness (QED) is 0.685. The summed E-state index contributed by atoms with van der Waals surface area (Å²) in [5.74, 6) is 0.111. The summed E-state index contributed by atoms with van der Waals surface area (Å²) >= 11 is 4.58. The van der Waals surface area contributed by atoms with Crippen molar-refractivity contribution in [3.8, 4) is 0 Å². The summed E-state index contributed by atoms with van der Waals surface area (Å²) in [6, 6.07) is 13.5.